The molecule has 1 N–H and O–H groups in total. The summed E-state index contributed by atoms with van der Waals surface area (Å²) in [4.78, 5) is 24.7. The Morgan fingerprint density at radius 3 is 2.62 bits per heavy atom. The molecule has 0 aromatic heterocycles. The maximum absolute atomic E-state index is 12.1. The van der Waals surface area contributed by atoms with Gasteiger partial charge in [-0.3, -0.25) is 4.79 Å². The minimum absolute atomic E-state index is 0.00744. The standard InChI is InChI=1S/C15H19NO5/c1-10-7-16(8-11(2)21-10)14(17)9-20-13-5-3-4-12(6-13)15(18)19/h3-6,10-11H,7-9H2,1-2H3,(H,18,19). The fourth-order valence-electron chi connectivity index (χ4n) is 2.34. The van der Waals surface area contributed by atoms with Crippen LogP contribution in [0.3, 0.4) is 0 Å². The lowest BCUT2D eigenvalue weighted by Crippen LogP contribution is -2.49. The van der Waals surface area contributed by atoms with E-state index in [1.807, 2.05) is 13.8 Å². The summed E-state index contributed by atoms with van der Waals surface area (Å²) in [6.07, 6.45) is 0.0149. The van der Waals surface area contributed by atoms with Crippen molar-refractivity contribution in [2.24, 2.45) is 0 Å². The van der Waals surface area contributed by atoms with Crippen LogP contribution in [0.2, 0.25) is 0 Å². The van der Waals surface area contributed by atoms with Crippen molar-refractivity contribution in [1.29, 1.82) is 0 Å². The molecule has 1 aromatic carbocycles. The fourth-order valence-corrected chi connectivity index (χ4v) is 2.34. The summed E-state index contributed by atoms with van der Waals surface area (Å²) in [6, 6.07) is 6.09. The molecule has 21 heavy (non-hydrogen) atoms. The average molecular weight is 293 g/mol. The minimum Gasteiger partial charge on any atom is -0.484 e. The van der Waals surface area contributed by atoms with Crippen LogP contribution >= 0.6 is 0 Å². The first kappa shape index (κ1) is 15.3. The van der Waals surface area contributed by atoms with Crippen molar-refractivity contribution in [2.75, 3.05) is 19.7 Å². The van der Waals surface area contributed by atoms with Gasteiger partial charge in [-0.2, -0.15) is 0 Å². The summed E-state index contributed by atoms with van der Waals surface area (Å²) in [5.41, 5.74) is 0.133. The Kier molecular flexibility index (Phi) is 4.80. The summed E-state index contributed by atoms with van der Waals surface area (Å²) >= 11 is 0. The first-order valence-electron chi connectivity index (χ1n) is 6.85. The Balaban J connectivity index is 1.92. The van der Waals surface area contributed by atoms with Gasteiger partial charge in [0.05, 0.1) is 17.8 Å². The van der Waals surface area contributed by atoms with E-state index in [1.54, 1.807) is 17.0 Å². The zero-order valence-electron chi connectivity index (χ0n) is 12.1. The van der Waals surface area contributed by atoms with E-state index in [4.69, 9.17) is 14.6 Å². The highest BCUT2D eigenvalue weighted by Crippen LogP contribution is 2.15. The largest absolute Gasteiger partial charge is 0.484 e. The molecule has 2 atom stereocenters. The molecule has 1 amide bonds. The van der Waals surface area contributed by atoms with Crippen LogP contribution in [0.1, 0.15) is 24.2 Å². The predicted octanol–water partition coefficient (Wildman–Crippen LogP) is 1.40. The lowest BCUT2D eigenvalue weighted by Gasteiger charge is -2.35. The van der Waals surface area contributed by atoms with E-state index in [2.05, 4.69) is 0 Å². The second-order valence-corrected chi connectivity index (χ2v) is 5.18. The molecular formula is C15H19NO5. The Morgan fingerprint density at radius 1 is 1.33 bits per heavy atom. The monoisotopic (exact) mass is 293 g/mol. The number of carboxylic acid groups (broad SMARTS) is 1. The maximum Gasteiger partial charge on any atom is 0.335 e. The Bertz CT molecular complexity index is 521. The smallest absolute Gasteiger partial charge is 0.335 e. The number of benzene rings is 1. The lowest BCUT2D eigenvalue weighted by atomic mass is 10.2. The first-order valence-corrected chi connectivity index (χ1v) is 6.85. The van der Waals surface area contributed by atoms with Gasteiger partial charge < -0.3 is 19.5 Å². The van der Waals surface area contributed by atoms with Crippen LogP contribution in [0, 0.1) is 0 Å². The Hall–Kier alpha value is -2.08. The van der Waals surface area contributed by atoms with Crippen molar-refractivity contribution in [3.8, 4) is 5.75 Å². The quantitative estimate of drug-likeness (QED) is 0.908. The van der Waals surface area contributed by atoms with Gasteiger partial charge in [-0.05, 0) is 32.0 Å². The van der Waals surface area contributed by atoms with Crippen LogP contribution in [0.4, 0.5) is 0 Å². The Labute approximate surface area is 123 Å². The molecule has 0 bridgehead atoms. The number of carbonyl (C=O) groups is 2. The summed E-state index contributed by atoms with van der Waals surface area (Å²) in [5.74, 6) is -0.780. The molecule has 0 radical (unpaired) electrons. The SMILES string of the molecule is CC1CN(C(=O)COc2cccc(C(=O)O)c2)CC(C)O1. The number of hydrogen-bond acceptors (Lipinski definition) is 4. The summed E-state index contributed by atoms with van der Waals surface area (Å²) in [6.45, 7) is 4.83. The van der Waals surface area contributed by atoms with Crippen molar-refractivity contribution in [3.63, 3.8) is 0 Å². The zero-order chi connectivity index (χ0) is 15.4. The van der Waals surface area contributed by atoms with Crippen LogP contribution in [0.25, 0.3) is 0 Å². The predicted molar refractivity (Wildman–Crippen MR) is 75.5 cm³/mol. The Morgan fingerprint density at radius 2 is 2.00 bits per heavy atom. The fraction of sp³-hybridized carbons (Fsp3) is 0.467. The number of nitrogens with zero attached hydrogens (tertiary/aromatic N) is 1. The molecule has 114 valence electrons. The number of morpholine rings is 1. The highest BCUT2D eigenvalue weighted by molar-refractivity contribution is 5.88. The second kappa shape index (κ2) is 6.58. The van der Waals surface area contributed by atoms with Crippen molar-refractivity contribution in [1.82, 2.24) is 4.90 Å². The van der Waals surface area contributed by atoms with Gasteiger partial charge in [0.25, 0.3) is 5.91 Å². The molecule has 0 saturated carbocycles. The van der Waals surface area contributed by atoms with Gasteiger partial charge in [-0.15, -0.1) is 0 Å². The zero-order valence-corrected chi connectivity index (χ0v) is 12.1. The maximum atomic E-state index is 12.1. The molecule has 6 heteroatoms. The van der Waals surface area contributed by atoms with Gasteiger partial charge >= 0.3 is 5.97 Å². The second-order valence-electron chi connectivity index (χ2n) is 5.18. The van der Waals surface area contributed by atoms with Crippen molar-refractivity contribution < 1.29 is 24.2 Å². The molecular weight excluding hydrogens is 274 g/mol. The van der Waals surface area contributed by atoms with Crippen LogP contribution < -0.4 is 4.74 Å². The van der Waals surface area contributed by atoms with E-state index < -0.39 is 5.97 Å². The number of rotatable bonds is 4. The molecule has 1 aliphatic heterocycles. The van der Waals surface area contributed by atoms with Crippen LogP contribution in [0.5, 0.6) is 5.75 Å². The topological polar surface area (TPSA) is 76.1 Å². The van der Waals surface area contributed by atoms with Gasteiger partial charge in [0.1, 0.15) is 5.75 Å². The van der Waals surface area contributed by atoms with Gasteiger partial charge in [-0.1, -0.05) is 6.07 Å². The molecule has 0 spiro atoms. The van der Waals surface area contributed by atoms with E-state index in [9.17, 15) is 9.59 Å². The van der Waals surface area contributed by atoms with Gasteiger partial charge in [0.15, 0.2) is 6.61 Å². The normalized spacial score (nSPS) is 21.9. The molecule has 1 aromatic rings. The minimum atomic E-state index is -1.03. The molecule has 1 fully saturated rings. The van der Waals surface area contributed by atoms with Gasteiger partial charge in [0.2, 0.25) is 0 Å². The highest BCUT2D eigenvalue weighted by Gasteiger charge is 2.25. The molecule has 2 rings (SSSR count). The number of hydrogen-bond donors (Lipinski definition) is 1. The van der Waals surface area contributed by atoms with Crippen molar-refractivity contribution in [2.45, 2.75) is 26.1 Å². The number of aromatic carboxylic acids is 1. The molecule has 6 nitrogen and oxygen atoms in total. The summed E-state index contributed by atoms with van der Waals surface area (Å²) in [5, 5.41) is 8.90. The molecule has 1 heterocycles. The molecule has 1 saturated heterocycles. The number of carbonyl (C=O) groups excluding carboxylic acids is 1. The van der Waals surface area contributed by atoms with Crippen LogP contribution in [-0.4, -0.2) is 53.8 Å². The third kappa shape index (κ3) is 4.19. The third-order valence-electron chi connectivity index (χ3n) is 3.22. The number of amides is 1. The average Bonchev–Trinajstić information content (AvgIpc) is 2.44. The first-order chi connectivity index (χ1) is 9.95. The number of carboxylic acids is 1. The third-order valence-corrected chi connectivity index (χ3v) is 3.22. The van der Waals surface area contributed by atoms with E-state index in [0.717, 1.165) is 0 Å². The summed E-state index contributed by atoms with van der Waals surface area (Å²) in [7, 11) is 0. The van der Waals surface area contributed by atoms with E-state index in [1.165, 1.54) is 12.1 Å². The van der Waals surface area contributed by atoms with Crippen LogP contribution in [-0.2, 0) is 9.53 Å². The van der Waals surface area contributed by atoms with E-state index >= 15 is 0 Å². The molecule has 1 aliphatic rings. The van der Waals surface area contributed by atoms with Gasteiger partial charge in [-0.25, -0.2) is 4.79 Å². The number of ether oxygens (including phenoxy) is 2. The molecule has 0 aliphatic carbocycles. The van der Waals surface area contributed by atoms with E-state index in [-0.39, 0.29) is 30.3 Å². The highest BCUT2D eigenvalue weighted by atomic mass is 16.5. The van der Waals surface area contributed by atoms with Crippen molar-refractivity contribution >= 4 is 11.9 Å². The van der Waals surface area contributed by atoms with Crippen molar-refractivity contribution in [3.05, 3.63) is 29.8 Å². The van der Waals surface area contributed by atoms with E-state index in [0.29, 0.717) is 18.8 Å². The summed E-state index contributed by atoms with van der Waals surface area (Å²) < 4.78 is 11.0. The van der Waals surface area contributed by atoms with Gasteiger partial charge in [0, 0.05) is 13.1 Å². The molecule has 2 unspecified atom stereocenters. The van der Waals surface area contributed by atoms with Crippen LogP contribution in [0.15, 0.2) is 24.3 Å². The lowest BCUT2D eigenvalue weighted by molar-refractivity contribution is -0.145.